The number of rotatable bonds is 5. The van der Waals surface area contributed by atoms with Gasteiger partial charge in [0.15, 0.2) is 0 Å². The van der Waals surface area contributed by atoms with Crippen molar-refractivity contribution in [2.24, 2.45) is 5.41 Å². The molecule has 2 fully saturated rings. The highest BCUT2D eigenvalue weighted by Crippen LogP contribution is 2.37. The van der Waals surface area contributed by atoms with Crippen LogP contribution in [0.1, 0.15) is 51.4 Å². The quantitative estimate of drug-likeness (QED) is 0.746. The molecule has 1 N–H and O–H groups in total. The molecule has 0 unspecified atom stereocenters. The molecule has 0 aliphatic heterocycles. The molecule has 0 bridgehead atoms. The highest BCUT2D eigenvalue weighted by Gasteiger charge is 2.37. The van der Waals surface area contributed by atoms with Crippen LogP contribution in [0.15, 0.2) is 0 Å². The Morgan fingerprint density at radius 2 is 1.59 bits per heavy atom. The molecule has 0 saturated heterocycles. The molecule has 2 aliphatic rings. The molecule has 0 aromatic carbocycles. The van der Waals surface area contributed by atoms with Gasteiger partial charge in [-0.1, -0.05) is 25.7 Å². The van der Waals surface area contributed by atoms with Crippen LogP contribution in [-0.4, -0.2) is 42.0 Å². The second-order valence-electron chi connectivity index (χ2n) is 6.29. The van der Waals surface area contributed by atoms with Gasteiger partial charge < -0.3 is 14.8 Å². The lowest BCUT2D eigenvalue weighted by atomic mass is 9.87. The summed E-state index contributed by atoms with van der Waals surface area (Å²) in [6.07, 6.45) is 9.70. The number of aliphatic hydroxyl groups is 1. The summed E-state index contributed by atoms with van der Waals surface area (Å²) >= 11 is 0. The number of nitrogens with zero attached hydrogens (tertiary/aromatic N) is 1. The fraction of sp³-hybridized carbons (Fsp3) is 0.929. The zero-order valence-corrected chi connectivity index (χ0v) is 11.0. The molecule has 2 saturated carbocycles. The third kappa shape index (κ3) is 3.08. The van der Waals surface area contributed by atoms with E-state index in [4.69, 9.17) is 0 Å². The van der Waals surface area contributed by atoms with Crippen molar-refractivity contribution in [3.8, 4) is 0 Å². The lowest BCUT2D eigenvalue weighted by Gasteiger charge is -2.33. The molecule has 2 aliphatic carbocycles. The Morgan fingerprint density at radius 3 is 2.12 bits per heavy atom. The number of aldehydes is 1. The average Bonchev–Trinajstić information content (AvgIpc) is 2.88. The zero-order valence-electron chi connectivity index (χ0n) is 11.0. The van der Waals surface area contributed by atoms with Crippen molar-refractivity contribution >= 4 is 6.29 Å². The van der Waals surface area contributed by atoms with Gasteiger partial charge in [-0.3, -0.25) is 0 Å². The molecule has 0 amide bonds. The minimum Gasteiger partial charge on any atom is -0.389 e. The van der Waals surface area contributed by atoms with Crippen molar-refractivity contribution in [3.05, 3.63) is 0 Å². The van der Waals surface area contributed by atoms with E-state index in [-0.39, 0.29) is 5.41 Å². The van der Waals surface area contributed by atoms with Crippen LogP contribution in [0, 0.1) is 5.41 Å². The second-order valence-corrected chi connectivity index (χ2v) is 6.29. The summed E-state index contributed by atoms with van der Waals surface area (Å²) in [5.74, 6) is 0. The normalized spacial score (nSPS) is 26.5. The van der Waals surface area contributed by atoms with Gasteiger partial charge in [0.05, 0.1) is 5.60 Å². The molecule has 0 aromatic rings. The molecule has 0 aromatic heterocycles. The number of hydrogen-bond acceptors (Lipinski definition) is 3. The van der Waals surface area contributed by atoms with Crippen LogP contribution in [0.3, 0.4) is 0 Å². The van der Waals surface area contributed by atoms with Crippen LogP contribution in [0.2, 0.25) is 0 Å². The smallest absolute Gasteiger partial charge is 0.127 e. The Kier molecular flexibility index (Phi) is 3.88. The van der Waals surface area contributed by atoms with Crippen molar-refractivity contribution in [2.75, 3.05) is 20.1 Å². The van der Waals surface area contributed by atoms with Gasteiger partial charge in [0.25, 0.3) is 0 Å². The Hall–Kier alpha value is -0.410. The molecule has 0 atom stereocenters. The molecule has 0 heterocycles. The van der Waals surface area contributed by atoms with Crippen LogP contribution in [0.25, 0.3) is 0 Å². The molecule has 3 heteroatoms. The Labute approximate surface area is 104 Å². The van der Waals surface area contributed by atoms with E-state index in [1.807, 2.05) is 7.05 Å². The van der Waals surface area contributed by atoms with E-state index in [0.29, 0.717) is 0 Å². The van der Waals surface area contributed by atoms with Gasteiger partial charge in [-0.25, -0.2) is 0 Å². The van der Waals surface area contributed by atoms with E-state index >= 15 is 0 Å². The van der Waals surface area contributed by atoms with Crippen molar-refractivity contribution < 1.29 is 9.90 Å². The highest BCUT2D eigenvalue weighted by molar-refractivity contribution is 5.60. The summed E-state index contributed by atoms with van der Waals surface area (Å²) in [6.45, 7) is 1.54. The van der Waals surface area contributed by atoms with Gasteiger partial charge in [0.1, 0.15) is 6.29 Å². The van der Waals surface area contributed by atoms with Crippen LogP contribution in [0.5, 0.6) is 0 Å². The van der Waals surface area contributed by atoms with Crippen molar-refractivity contribution in [1.82, 2.24) is 4.90 Å². The number of hydrogen-bond donors (Lipinski definition) is 1. The van der Waals surface area contributed by atoms with Crippen LogP contribution < -0.4 is 0 Å². The first-order chi connectivity index (χ1) is 8.08. The molecule has 17 heavy (non-hydrogen) atoms. The standard InChI is InChI=1S/C14H25NO2/c1-15(11-14(17)8-4-5-9-14)10-13(12-16)6-2-3-7-13/h12,17H,2-11H2,1H3. The van der Waals surface area contributed by atoms with Crippen LogP contribution in [-0.2, 0) is 4.79 Å². The van der Waals surface area contributed by atoms with E-state index in [2.05, 4.69) is 4.90 Å². The lowest BCUT2D eigenvalue weighted by molar-refractivity contribution is -0.117. The maximum Gasteiger partial charge on any atom is 0.127 e. The molecule has 98 valence electrons. The number of likely N-dealkylation sites (N-methyl/N-ethyl adjacent to an activating group) is 1. The van der Waals surface area contributed by atoms with Crippen LogP contribution >= 0.6 is 0 Å². The first-order valence-electron chi connectivity index (χ1n) is 6.95. The van der Waals surface area contributed by atoms with Gasteiger partial charge in [0, 0.05) is 18.5 Å². The third-order valence-corrected chi connectivity index (χ3v) is 4.53. The third-order valence-electron chi connectivity index (χ3n) is 4.53. The molecule has 0 radical (unpaired) electrons. The van der Waals surface area contributed by atoms with Gasteiger partial charge in [-0.15, -0.1) is 0 Å². The highest BCUT2D eigenvalue weighted by atomic mass is 16.3. The molecular formula is C14H25NO2. The Bertz CT molecular complexity index is 265. The first-order valence-corrected chi connectivity index (χ1v) is 6.95. The fourth-order valence-corrected chi connectivity index (χ4v) is 3.68. The fourth-order valence-electron chi connectivity index (χ4n) is 3.68. The summed E-state index contributed by atoms with van der Waals surface area (Å²) in [6, 6.07) is 0. The summed E-state index contributed by atoms with van der Waals surface area (Å²) in [5, 5.41) is 10.4. The number of carbonyl (C=O) groups excluding carboxylic acids is 1. The molecular weight excluding hydrogens is 214 g/mol. The van der Waals surface area contributed by atoms with Crippen molar-refractivity contribution in [3.63, 3.8) is 0 Å². The summed E-state index contributed by atoms with van der Waals surface area (Å²) < 4.78 is 0. The minimum atomic E-state index is -0.489. The van der Waals surface area contributed by atoms with E-state index < -0.39 is 5.60 Å². The van der Waals surface area contributed by atoms with E-state index in [1.54, 1.807) is 0 Å². The Morgan fingerprint density at radius 1 is 1.06 bits per heavy atom. The predicted molar refractivity (Wildman–Crippen MR) is 67.9 cm³/mol. The van der Waals surface area contributed by atoms with Crippen molar-refractivity contribution in [1.29, 1.82) is 0 Å². The summed E-state index contributed by atoms with van der Waals surface area (Å²) in [7, 11) is 2.04. The lowest BCUT2D eigenvalue weighted by Crippen LogP contribution is -2.44. The second kappa shape index (κ2) is 5.07. The zero-order chi connectivity index (χ0) is 12.4. The maximum absolute atomic E-state index is 11.3. The van der Waals surface area contributed by atoms with Crippen molar-refractivity contribution in [2.45, 2.75) is 57.0 Å². The van der Waals surface area contributed by atoms with Gasteiger partial charge in [-0.2, -0.15) is 0 Å². The average molecular weight is 239 g/mol. The van der Waals surface area contributed by atoms with E-state index in [0.717, 1.165) is 57.9 Å². The summed E-state index contributed by atoms with van der Waals surface area (Å²) in [4.78, 5) is 13.5. The number of carbonyl (C=O) groups is 1. The van der Waals surface area contributed by atoms with Gasteiger partial charge in [0.2, 0.25) is 0 Å². The van der Waals surface area contributed by atoms with E-state index in [9.17, 15) is 9.90 Å². The van der Waals surface area contributed by atoms with Gasteiger partial charge in [-0.05, 0) is 32.7 Å². The molecule has 2 rings (SSSR count). The first kappa shape index (κ1) is 13.0. The maximum atomic E-state index is 11.3. The van der Waals surface area contributed by atoms with Gasteiger partial charge >= 0.3 is 0 Å². The monoisotopic (exact) mass is 239 g/mol. The summed E-state index contributed by atoms with van der Waals surface area (Å²) in [5.41, 5.74) is -0.610. The molecule has 3 nitrogen and oxygen atoms in total. The minimum absolute atomic E-state index is 0.121. The van der Waals surface area contributed by atoms with Crippen LogP contribution in [0.4, 0.5) is 0 Å². The largest absolute Gasteiger partial charge is 0.389 e. The molecule has 0 spiro atoms. The van der Waals surface area contributed by atoms with E-state index in [1.165, 1.54) is 12.8 Å². The topological polar surface area (TPSA) is 40.5 Å². The Balaban J connectivity index is 1.87. The predicted octanol–water partition coefficient (Wildman–Crippen LogP) is 1.98. The SMILES string of the molecule is CN(CC1(O)CCCC1)CC1(C=O)CCCC1.